The first-order valence-corrected chi connectivity index (χ1v) is 7.89. The van der Waals surface area contributed by atoms with E-state index in [-0.39, 0.29) is 5.92 Å². The average molecular weight is 292 g/mol. The third-order valence-electron chi connectivity index (χ3n) is 4.11. The standard InChI is InChI=1S/C15H28N6/c1-5-21-8-6-7-12(9-21)17-14-11(4)15(20-16)19-13(18-14)10(2)3/h10,12H,5-9,16H2,1-4H3,(H2,17,18,19,20). The molecule has 0 aromatic carbocycles. The van der Waals surface area contributed by atoms with Gasteiger partial charge in [0.1, 0.15) is 17.5 Å². The minimum Gasteiger partial charge on any atom is -0.366 e. The van der Waals surface area contributed by atoms with Crippen LogP contribution in [0.3, 0.4) is 0 Å². The van der Waals surface area contributed by atoms with Crippen molar-refractivity contribution >= 4 is 11.6 Å². The number of hydrazine groups is 1. The molecular formula is C15H28N6. The Morgan fingerprint density at radius 2 is 2.05 bits per heavy atom. The summed E-state index contributed by atoms with van der Waals surface area (Å²) in [6, 6.07) is 0.443. The number of nitrogens with two attached hydrogens (primary N) is 1. The third-order valence-corrected chi connectivity index (χ3v) is 4.11. The molecule has 1 fully saturated rings. The molecule has 1 aromatic rings. The highest BCUT2D eigenvalue weighted by atomic mass is 15.3. The zero-order valence-electron chi connectivity index (χ0n) is 13.6. The van der Waals surface area contributed by atoms with Gasteiger partial charge in [0.25, 0.3) is 0 Å². The number of nitrogens with zero attached hydrogens (tertiary/aromatic N) is 3. The van der Waals surface area contributed by atoms with Crippen LogP contribution in [0.5, 0.6) is 0 Å². The van der Waals surface area contributed by atoms with Crippen LogP contribution in [0, 0.1) is 6.92 Å². The lowest BCUT2D eigenvalue weighted by molar-refractivity contribution is 0.226. The molecule has 0 aliphatic carbocycles. The Morgan fingerprint density at radius 3 is 2.67 bits per heavy atom. The highest BCUT2D eigenvalue weighted by molar-refractivity contribution is 5.57. The smallest absolute Gasteiger partial charge is 0.148 e. The molecule has 4 N–H and O–H groups in total. The van der Waals surface area contributed by atoms with Gasteiger partial charge in [-0.25, -0.2) is 15.8 Å². The molecule has 21 heavy (non-hydrogen) atoms. The molecule has 0 saturated carbocycles. The Morgan fingerprint density at radius 1 is 1.33 bits per heavy atom. The molecule has 1 aliphatic heterocycles. The Kier molecular flexibility index (Phi) is 5.36. The van der Waals surface area contributed by atoms with Crippen LogP contribution in [0.1, 0.15) is 50.9 Å². The number of rotatable bonds is 5. The number of hydrogen-bond donors (Lipinski definition) is 3. The molecule has 6 heteroatoms. The molecule has 1 aliphatic rings. The zero-order chi connectivity index (χ0) is 15.4. The van der Waals surface area contributed by atoms with Crippen molar-refractivity contribution in [2.24, 2.45) is 5.84 Å². The molecule has 0 bridgehead atoms. The average Bonchev–Trinajstić information content (AvgIpc) is 2.49. The van der Waals surface area contributed by atoms with Crippen LogP contribution in [-0.4, -0.2) is 40.5 Å². The lowest BCUT2D eigenvalue weighted by atomic mass is 10.1. The zero-order valence-corrected chi connectivity index (χ0v) is 13.6. The van der Waals surface area contributed by atoms with Crippen LogP contribution in [0.2, 0.25) is 0 Å². The minimum absolute atomic E-state index is 0.275. The minimum atomic E-state index is 0.275. The number of likely N-dealkylation sites (N-methyl/N-ethyl adjacent to an activating group) is 1. The number of piperidine rings is 1. The second-order valence-electron chi connectivity index (χ2n) is 6.08. The van der Waals surface area contributed by atoms with E-state index in [1.165, 1.54) is 19.4 Å². The summed E-state index contributed by atoms with van der Waals surface area (Å²) in [4.78, 5) is 11.6. The van der Waals surface area contributed by atoms with Crippen molar-refractivity contribution in [3.8, 4) is 0 Å². The van der Waals surface area contributed by atoms with Gasteiger partial charge in [-0.1, -0.05) is 20.8 Å². The van der Waals surface area contributed by atoms with Crippen LogP contribution in [0.15, 0.2) is 0 Å². The Balaban J connectivity index is 2.20. The predicted octanol–water partition coefficient (Wildman–Crippen LogP) is 2.09. The topological polar surface area (TPSA) is 79.1 Å². The second-order valence-corrected chi connectivity index (χ2v) is 6.08. The molecule has 0 spiro atoms. The summed E-state index contributed by atoms with van der Waals surface area (Å²) < 4.78 is 0. The van der Waals surface area contributed by atoms with Crippen molar-refractivity contribution in [3.05, 3.63) is 11.4 Å². The van der Waals surface area contributed by atoms with Crippen molar-refractivity contribution in [1.82, 2.24) is 14.9 Å². The lowest BCUT2D eigenvalue weighted by Crippen LogP contribution is -2.42. The molecule has 1 unspecified atom stereocenters. The van der Waals surface area contributed by atoms with Crippen LogP contribution in [0.25, 0.3) is 0 Å². The Labute approximate surface area is 127 Å². The van der Waals surface area contributed by atoms with E-state index in [1.807, 2.05) is 6.92 Å². The number of aromatic nitrogens is 2. The molecule has 118 valence electrons. The summed E-state index contributed by atoms with van der Waals surface area (Å²) in [7, 11) is 0. The predicted molar refractivity (Wildman–Crippen MR) is 87.4 cm³/mol. The molecule has 1 atom stereocenters. The van der Waals surface area contributed by atoms with Gasteiger partial charge in [-0.05, 0) is 32.9 Å². The SMILES string of the molecule is CCN1CCCC(Nc2nc(C(C)C)nc(NN)c2C)C1. The maximum absolute atomic E-state index is 5.59. The summed E-state index contributed by atoms with van der Waals surface area (Å²) in [6.07, 6.45) is 2.41. The van der Waals surface area contributed by atoms with E-state index in [2.05, 4.69) is 46.4 Å². The number of likely N-dealkylation sites (tertiary alicyclic amines) is 1. The maximum atomic E-state index is 5.59. The van der Waals surface area contributed by atoms with Crippen LogP contribution < -0.4 is 16.6 Å². The summed E-state index contributed by atoms with van der Waals surface area (Å²) in [5, 5.41) is 3.60. The van der Waals surface area contributed by atoms with Crippen LogP contribution in [-0.2, 0) is 0 Å². The van der Waals surface area contributed by atoms with Crippen molar-refractivity contribution < 1.29 is 0 Å². The molecule has 2 rings (SSSR count). The van der Waals surface area contributed by atoms with E-state index in [9.17, 15) is 0 Å². The summed E-state index contributed by atoms with van der Waals surface area (Å²) in [5.74, 6) is 8.30. The summed E-state index contributed by atoms with van der Waals surface area (Å²) in [6.45, 7) is 11.8. The number of nitrogen functional groups attached to an aromatic ring is 1. The molecule has 0 radical (unpaired) electrons. The lowest BCUT2D eigenvalue weighted by Gasteiger charge is -2.33. The van der Waals surface area contributed by atoms with Gasteiger partial charge in [0.05, 0.1) is 0 Å². The summed E-state index contributed by atoms with van der Waals surface area (Å²) in [5.41, 5.74) is 3.67. The fourth-order valence-electron chi connectivity index (χ4n) is 2.73. The van der Waals surface area contributed by atoms with Gasteiger partial charge < -0.3 is 15.6 Å². The van der Waals surface area contributed by atoms with Crippen LogP contribution in [0.4, 0.5) is 11.6 Å². The summed E-state index contributed by atoms with van der Waals surface area (Å²) >= 11 is 0. The molecule has 6 nitrogen and oxygen atoms in total. The quantitative estimate of drug-likeness (QED) is 0.570. The van der Waals surface area contributed by atoms with E-state index < -0.39 is 0 Å². The van der Waals surface area contributed by atoms with Crippen LogP contribution >= 0.6 is 0 Å². The first-order valence-electron chi connectivity index (χ1n) is 7.89. The van der Waals surface area contributed by atoms with E-state index in [0.717, 1.165) is 30.3 Å². The largest absolute Gasteiger partial charge is 0.366 e. The highest BCUT2D eigenvalue weighted by Gasteiger charge is 2.21. The monoisotopic (exact) mass is 292 g/mol. The second kappa shape index (κ2) is 7.04. The maximum Gasteiger partial charge on any atom is 0.148 e. The van der Waals surface area contributed by atoms with Gasteiger partial charge in [0.15, 0.2) is 0 Å². The first-order chi connectivity index (χ1) is 10.0. The number of anilines is 2. The van der Waals surface area contributed by atoms with Crippen molar-refractivity contribution in [2.45, 2.75) is 52.5 Å². The molecule has 2 heterocycles. The van der Waals surface area contributed by atoms with E-state index in [0.29, 0.717) is 11.9 Å². The van der Waals surface area contributed by atoms with Gasteiger partial charge in [-0.2, -0.15) is 0 Å². The highest BCUT2D eigenvalue weighted by Crippen LogP contribution is 2.24. The third kappa shape index (κ3) is 3.83. The van der Waals surface area contributed by atoms with E-state index in [4.69, 9.17) is 5.84 Å². The Bertz CT molecular complexity index is 473. The van der Waals surface area contributed by atoms with Gasteiger partial charge in [0.2, 0.25) is 0 Å². The fraction of sp³-hybridized carbons (Fsp3) is 0.733. The fourth-order valence-corrected chi connectivity index (χ4v) is 2.73. The molecular weight excluding hydrogens is 264 g/mol. The number of hydrogen-bond acceptors (Lipinski definition) is 6. The molecule has 1 aromatic heterocycles. The van der Waals surface area contributed by atoms with Gasteiger partial charge in [-0.15, -0.1) is 0 Å². The van der Waals surface area contributed by atoms with Crippen molar-refractivity contribution in [1.29, 1.82) is 0 Å². The Hall–Kier alpha value is -1.40. The van der Waals surface area contributed by atoms with E-state index >= 15 is 0 Å². The van der Waals surface area contributed by atoms with Gasteiger partial charge >= 0.3 is 0 Å². The van der Waals surface area contributed by atoms with Gasteiger partial charge in [-0.3, -0.25) is 0 Å². The van der Waals surface area contributed by atoms with E-state index in [1.54, 1.807) is 0 Å². The van der Waals surface area contributed by atoms with Crippen molar-refractivity contribution in [3.63, 3.8) is 0 Å². The number of nitrogens with one attached hydrogen (secondary N) is 2. The first kappa shape index (κ1) is 16.0. The van der Waals surface area contributed by atoms with Crippen molar-refractivity contribution in [2.75, 3.05) is 30.4 Å². The molecule has 1 saturated heterocycles. The molecule has 0 amide bonds. The van der Waals surface area contributed by atoms with Gasteiger partial charge in [0, 0.05) is 24.1 Å². The normalized spacial score (nSPS) is 19.8.